The normalized spacial score (nSPS) is 31.7. The van der Waals surface area contributed by atoms with E-state index in [4.69, 9.17) is 0 Å². The molecule has 0 N–H and O–H groups in total. The third kappa shape index (κ3) is 2.63. The first kappa shape index (κ1) is 13.2. The molecule has 3 unspecified atom stereocenters. The zero-order valence-electron chi connectivity index (χ0n) is 11.1. The summed E-state index contributed by atoms with van der Waals surface area (Å²) in [4.78, 5) is 17.0. The van der Waals surface area contributed by atoms with Gasteiger partial charge in [0.15, 0.2) is 0 Å². The minimum absolute atomic E-state index is 0.148. The van der Waals surface area contributed by atoms with Crippen LogP contribution in [0.15, 0.2) is 0 Å². The summed E-state index contributed by atoms with van der Waals surface area (Å²) in [6, 6.07) is 0.938. The van der Waals surface area contributed by atoms with Gasteiger partial charge in [0.1, 0.15) is 0 Å². The summed E-state index contributed by atoms with van der Waals surface area (Å²) in [5.74, 6) is 0.530. The molecule has 0 saturated carbocycles. The molecule has 0 aromatic carbocycles. The molecule has 2 heterocycles. The fraction of sp³-hybridized carbons (Fsp3) is 0.923. The topological polar surface area (TPSA) is 23.6 Å². The van der Waals surface area contributed by atoms with E-state index in [2.05, 4.69) is 43.2 Å². The van der Waals surface area contributed by atoms with Crippen molar-refractivity contribution in [2.75, 3.05) is 19.6 Å². The second-order valence-electron chi connectivity index (χ2n) is 5.82. The van der Waals surface area contributed by atoms with Crippen molar-refractivity contribution in [3.63, 3.8) is 0 Å². The molecule has 2 saturated heterocycles. The van der Waals surface area contributed by atoms with E-state index in [0.717, 1.165) is 13.1 Å². The molecular weight excluding hydrogens is 232 g/mol. The van der Waals surface area contributed by atoms with E-state index in [1.54, 1.807) is 0 Å². The van der Waals surface area contributed by atoms with Crippen molar-refractivity contribution in [1.29, 1.82) is 0 Å². The molecule has 1 amide bonds. The Morgan fingerprint density at radius 1 is 1.35 bits per heavy atom. The van der Waals surface area contributed by atoms with Crippen LogP contribution in [0.25, 0.3) is 0 Å². The minimum atomic E-state index is -0.148. The van der Waals surface area contributed by atoms with Gasteiger partial charge in [0, 0.05) is 25.2 Å². The number of piperazine rings is 1. The van der Waals surface area contributed by atoms with Crippen molar-refractivity contribution in [3.8, 4) is 0 Å². The number of amides is 1. The Bertz CT molecular complexity index is 295. The number of carbonyl (C=O) groups is 1. The number of nitrogens with zero attached hydrogens (tertiary/aromatic N) is 2. The SMILES string of the molecule is CC(C)C(S)C(=O)N1CC2CCCN2CC1C. The molecule has 4 heteroatoms. The Morgan fingerprint density at radius 2 is 2.06 bits per heavy atom. The summed E-state index contributed by atoms with van der Waals surface area (Å²) in [5, 5.41) is -0.148. The summed E-state index contributed by atoms with van der Waals surface area (Å²) in [6.45, 7) is 9.44. The van der Waals surface area contributed by atoms with Crippen molar-refractivity contribution in [2.45, 2.75) is 50.9 Å². The van der Waals surface area contributed by atoms with Crippen LogP contribution in [-0.4, -0.2) is 52.7 Å². The standard InChI is InChI=1S/C13H24N2OS/c1-9(2)12(17)13(16)15-8-11-5-4-6-14(11)7-10(15)3/h9-12,17H,4-8H2,1-3H3. The van der Waals surface area contributed by atoms with Crippen LogP contribution in [0.4, 0.5) is 0 Å². The smallest absolute Gasteiger partial charge is 0.236 e. The van der Waals surface area contributed by atoms with Crippen LogP contribution < -0.4 is 0 Å². The van der Waals surface area contributed by atoms with Gasteiger partial charge in [-0.25, -0.2) is 0 Å². The fourth-order valence-corrected chi connectivity index (χ4v) is 3.10. The molecule has 0 bridgehead atoms. The lowest BCUT2D eigenvalue weighted by Crippen LogP contribution is -2.58. The Hall–Kier alpha value is -0.220. The zero-order chi connectivity index (χ0) is 12.6. The average molecular weight is 256 g/mol. The van der Waals surface area contributed by atoms with Crippen LogP contribution in [0.2, 0.25) is 0 Å². The van der Waals surface area contributed by atoms with Gasteiger partial charge in [0.2, 0.25) is 5.91 Å². The lowest BCUT2D eigenvalue weighted by molar-refractivity contribution is -0.136. The number of hydrogen-bond donors (Lipinski definition) is 1. The van der Waals surface area contributed by atoms with Crippen molar-refractivity contribution in [1.82, 2.24) is 9.80 Å². The molecule has 98 valence electrons. The summed E-state index contributed by atoms with van der Waals surface area (Å²) in [6.07, 6.45) is 2.53. The maximum Gasteiger partial charge on any atom is 0.236 e. The number of hydrogen-bond acceptors (Lipinski definition) is 3. The van der Waals surface area contributed by atoms with Gasteiger partial charge in [-0.2, -0.15) is 12.6 Å². The monoisotopic (exact) mass is 256 g/mol. The van der Waals surface area contributed by atoms with E-state index in [-0.39, 0.29) is 11.2 Å². The predicted molar refractivity (Wildman–Crippen MR) is 73.4 cm³/mol. The van der Waals surface area contributed by atoms with Crippen molar-refractivity contribution < 1.29 is 4.79 Å². The maximum absolute atomic E-state index is 12.4. The molecule has 3 atom stereocenters. The van der Waals surface area contributed by atoms with Gasteiger partial charge >= 0.3 is 0 Å². The van der Waals surface area contributed by atoms with Crippen molar-refractivity contribution in [2.24, 2.45) is 5.92 Å². The average Bonchev–Trinajstić information content (AvgIpc) is 2.72. The molecule has 2 aliphatic rings. The van der Waals surface area contributed by atoms with E-state index in [1.807, 2.05) is 0 Å². The van der Waals surface area contributed by atoms with Crippen LogP contribution in [-0.2, 0) is 4.79 Å². The minimum Gasteiger partial charge on any atom is -0.336 e. The first-order valence-corrected chi connectivity index (χ1v) is 7.25. The molecule has 2 fully saturated rings. The molecule has 2 aliphatic heterocycles. The summed E-state index contributed by atoms with van der Waals surface area (Å²) in [5.41, 5.74) is 0. The fourth-order valence-electron chi connectivity index (χ4n) is 2.95. The van der Waals surface area contributed by atoms with Gasteiger partial charge in [0.25, 0.3) is 0 Å². The van der Waals surface area contributed by atoms with Crippen LogP contribution in [0.3, 0.4) is 0 Å². The second kappa shape index (κ2) is 5.19. The van der Waals surface area contributed by atoms with E-state index in [0.29, 0.717) is 18.0 Å². The summed E-state index contributed by atoms with van der Waals surface area (Å²) >= 11 is 4.46. The van der Waals surface area contributed by atoms with E-state index in [1.165, 1.54) is 19.4 Å². The van der Waals surface area contributed by atoms with Crippen LogP contribution in [0.5, 0.6) is 0 Å². The van der Waals surface area contributed by atoms with Gasteiger partial charge in [-0.3, -0.25) is 9.69 Å². The van der Waals surface area contributed by atoms with Gasteiger partial charge in [-0.05, 0) is 32.2 Å². The van der Waals surface area contributed by atoms with Crippen LogP contribution in [0, 0.1) is 5.92 Å². The Morgan fingerprint density at radius 3 is 2.71 bits per heavy atom. The lowest BCUT2D eigenvalue weighted by Gasteiger charge is -2.43. The zero-order valence-corrected chi connectivity index (χ0v) is 12.0. The maximum atomic E-state index is 12.4. The van der Waals surface area contributed by atoms with E-state index < -0.39 is 0 Å². The highest BCUT2D eigenvalue weighted by atomic mass is 32.1. The molecular formula is C13H24N2OS. The Kier molecular flexibility index (Phi) is 4.03. The summed E-state index contributed by atoms with van der Waals surface area (Å²) in [7, 11) is 0. The molecule has 3 nitrogen and oxygen atoms in total. The Balaban J connectivity index is 2.03. The second-order valence-corrected chi connectivity index (χ2v) is 6.38. The largest absolute Gasteiger partial charge is 0.336 e. The van der Waals surface area contributed by atoms with Gasteiger partial charge in [0.05, 0.1) is 5.25 Å². The van der Waals surface area contributed by atoms with Crippen LogP contribution >= 0.6 is 12.6 Å². The highest BCUT2D eigenvalue weighted by Crippen LogP contribution is 2.26. The van der Waals surface area contributed by atoms with E-state index in [9.17, 15) is 4.79 Å². The predicted octanol–water partition coefficient (Wildman–Crippen LogP) is 1.64. The Labute approximate surface area is 110 Å². The molecule has 0 aromatic heterocycles. The van der Waals surface area contributed by atoms with Gasteiger partial charge in [-0.1, -0.05) is 13.8 Å². The van der Waals surface area contributed by atoms with Crippen molar-refractivity contribution in [3.05, 3.63) is 0 Å². The van der Waals surface area contributed by atoms with Crippen molar-refractivity contribution >= 4 is 18.5 Å². The first-order chi connectivity index (χ1) is 8.00. The quantitative estimate of drug-likeness (QED) is 0.759. The third-order valence-electron chi connectivity index (χ3n) is 4.10. The molecule has 0 spiro atoms. The van der Waals surface area contributed by atoms with E-state index >= 15 is 0 Å². The highest BCUT2D eigenvalue weighted by molar-refractivity contribution is 7.81. The van der Waals surface area contributed by atoms with Gasteiger partial charge in [-0.15, -0.1) is 0 Å². The molecule has 17 heavy (non-hydrogen) atoms. The number of carbonyl (C=O) groups excluding carboxylic acids is 1. The first-order valence-electron chi connectivity index (χ1n) is 6.73. The molecule has 2 rings (SSSR count). The number of thiol groups is 1. The van der Waals surface area contributed by atoms with Crippen LogP contribution in [0.1, 0.15) is 33.6 Å². The third-order valence-corrected chi connectivity index (χ3v) is 4.92. The van der Waals surface area contributed by atoms with Gasteiger partial charge < -0.3 is 4.90 Å². The number of rotatable bonds is 2. The molecule has 0 aromatic rings. The lowest BCUT2D eigenvalue weighted by atomic mass is 10.0. The number of fused-ring (bicyclic) bond motifs is 1. The molecule has 0 aliphatic carbocycles. The molecule has 0 radical (unpaired) electrons. The highest BCUT2D eigenvalue weighted by Gasteiger charge is 2.38. The summed E-state index contributed by atoms with van der Waals surface area (Å²) < 4.78 is 0.